The summed E-state index contributed by atoms with van der Waals surface area (Å²) in [6.45, 7) is 12.9. The third kappa shape index (κ3) is 4.61. The third-order valence-corrected chi connectivity index (χ3v) is 4.18. The average molecular weight is 297 g/mol. The van der Waals surface area contributed by atoms with Gasteiger partial charge in [-0.25, -0.2) is 4.98 Å². The first kappa shape index (κ1) is 14.5. The Hall–Kier alpha value is -0.886. The molecule has 1 saturated carbocycles. The highest BCUT2D eigenvalue weighted by molar-refractivity contribution is 6.70. The van der Waals surface area contributed by atoms with Crippen molar-refractivity contribution in [3.8, 4) is 11.9 Å². The SMILES string of the molecule is C[Si](C)(C)Oc1ncc(C2CC2)c(O[Si](C)(C)C)n1. The van der Waals surface area contributed by atoms with Crippen LogP contribution in [-0.4, -0.2) is 26.6 Å². The molecule has 19 heavy (non-hydrogen) atoms. The monoisotopic (exact) mass is 296 g/mol. The van der Waals surface area contributed by atoms with Crippen LogP contribution in [0, 0.1) is 0 Å². The van der Waals surface area contributed by atoms with E-state index in [4.69, 9.17) is 8.85 Å². The van der Waals surface area contributed by atoms with Crippen molar-refractivity contribution in [3.05, 3.63) is 11.8 Å². The summed E-state index contributed by atoms with van der Waals surface area (Å²) < 4.78 is 12.0. The Morgan fingerprint density at radius 3 is 2.05 bits per heavy atom. The molecule has 1 aliphatic carbocycles. The van der Waals surface area contributed by atoms with Gasteiger partial charge in [-0.1, -0.05) is 0 Å². The Balaban J connectivity index is 2.27. The second-order valence-corrected chi connectivity index (χ2v) is 16.0. The van der Waals surface area contributed by atoms with Crippen molar-refractivity contribution >= 4 is 16.6 Å². The molecule has 2 rings (SSSR count). The van der Waals surface area contributed by atoms with Crippen LogP contribution in [-0.2, 0) is 0 Å². The van der Waals surface area contributed by atoms with Gasteiger partial charge in [-0.15, -0.1) is 0 Å². The standard InChI is InChI=1S/C13H24N2O2Si2/c1-18(2,3)16-12-11(10-7-8-10)9-14-13(15-12)17-19(4,5)6/h9-10H,7-8H2,1-6H3. The maximum Gasteiger partial charge on any atom is 0.305 e. The molecular formula is C13H24N2O2Si2. The lowest BCUT2D eigenvalue weighted by Crippen LogP contribution is -2.32. The zero-order valence-corrected chi connectivity index (χ0v) is 14.8. The Labute approximate surface area is 117 Å². The Morgan fingerprint density at radius 1 is 1.00 bits per heavy atom. The Kier molecular flexibility index (Phi) is 3.75. The number of nitrogens with zero attached hydrogens (tertiary/aromatic N) is 2. The van der Waals surface area contributed by atoms with E-state index in [9.17, 15) is 0 Å². The first-order chi connectivity index (χ1) is 8.64. The van der Waals surface area contributed by atoms with Gasteiger partial charge in [0, 0.05) is 11.8 Å². The first-order valence-corrected chi connectivity index (χ1v) is 13.7. The van der Waals surface area contributed by atoms with Crippen LogP contribution in [0.3, 0.4) is 0 Å². The summed E-state index contributed by atoms with van der Waals surface area (Å²) >= 11 is 0. The predicted molar refractivity (Wildman–Crippen MR) is 82.0 cm³/mol. The Bertz CT molecular complexity index is 463. The summed E-state index contributed by atoms with van der Waals surface area (Å²) in [6, 6.07) is 0.469. The molecule has 1 aromatic heterocycles. The summed E-state index contributed by atoms with van der Waals surface area (Å²) in [4.78, 5) is 8.87. The summed E-state index contributed by atoms with van der Waals surface area (Å²) in [7, 11) is -3.34. The van der Waals surface area contributed by atoms with Crippen LogP contribution in [0.1, 0.15) is 24.3 Å². The van der Waals surface area contributed by atoms with Crippen molar-refractivity contribution in [1.82, 2.24) is 9.97 Å². The zero-order chi connectivity index (χ0) is 14.3. The van der Waals surface area contributed by atoms with Crippen LogP contribution in [0.2, 0.25) is 39.3 Å². The predicted octanol–water partition coefficient (Wildman–Crippen LogP) is 3.78. The summed E-state index contributed by atoms with van der Waals surface area (Å²) in [5, 5.41) is 0. The first-order valence-electron chi connectivity index (χ1n) is 6.89. The van der Waals surface area contributed by atoms with Gasteiger partial charge in [-0.2, -0.15) is 4.98 Å². The lowest BCUT2D eigenvalue weighted by Gasteiger charge is -2.22. The van der Waals surface area contributed by atoms with E-state index in [0.717, 1.165) is 11.4 Å². The van der Waals surface area contributed by atoms with Gasteiger partial charge in [0.15, 0.2) is 0 Å². The van der Waals surface area contributed by atoms with E-state index in [0.29, 0.717) is 11.9 Å². The van der Waals surface area contributed by atoms with E-state index in [1.165, 1.54) is 12.8 Å². The minimum absolute atomic E-state index is 0.469. The molecule has 1 aromatic rings. The van der Waals surface area contributed by atoms with E-state index in [1.54, 1.807) is 0 Å². The molecule has 0 spiro atoms. The van der Waals surface area contributed by atoms with Gasteiger partial charge in [0.05, 0.1) is 0 Å². The number of hydrogen-bond acceptors (Lipinski definition) is 4. The smallest absolute Gasteiger partial charge is 0.305 e. The maximum atomic E-state index is 6.11. The molecule has 1 heterocycles. The molecule has 0 bridgehead atoms. The highest BCUT2D eigenvalue weighted by Gasteiger charge is 2.31. The zero-order valence-electron chi connectivity index (χ0n) is 12.8. The van der Waals surface area contributed by atoms with Crippen LogP contribution in [0.15, 0.2) is 6.20 Å². The van der Waals surface area contributed by atoms with Crippen LogP contribution in [0.4, 0.5) is 0 Å². The van der Waals surface area contributed by atoms with E-state index in [2.05, 4.69) is 49.3 Å². The van der Waals surface area contributed by atoms with Crippen LogP contribution >= 0.6 is 0 Å². The largest absolute Gasteiger partial charge is 0.531 e. The Morgan fingerprint density at radius 2 is 1.58 bits per heavy atom. The molecule has 0 N–H and O–H groups in total. The third-order valence-electron chi connectivity index (χ3n) is 2.58. The van der Waals surface area contributed by atoms with Crippen LogP contribution in [0.5, 0.6) is 11.9 Å². The number of rotatable bonds is 5. The molecule has 0 radical (unpaired) electrons. The summed E-state index contributed by atoms with van der Waals surface area (Å²) in [5.74, 6) is 1.34. The van der Waals surface area contributed by atoms with Crippen molar-refractivity contribution in [2.75, 3.05) is 0 Å². The number of aromatic nitrogens is 2. The van der Waals surface area contributed by atoms with Crippen molar-refractivity contribution in [2.45, 2.75) is 58.0 Å². The van der Waals surface area contributed by atoms with E-state index < -0.39 is 16.6 Å². The van der Waals surface area contributed by atoms with E-state index in [1.807, 2.05) is 6.20 Å². The number of hydrogen-bond donors (Lipinski definition) is 0. The molecule has 1 aliphatic rings. The molecule has 0 unspecified atom stereocenters. The fourth-order valence-electron chi connectivity index (χ4n) is 1.73. The molecule has 0 amide bonds. The van der Waals surface area contributed by atoms with Crippen LogP contribution < -0.4 is 8.85 Å². The molecule has 106 valence electrons. The van der Waals surface area contributed by atoms with Gasteiger partial charge in [0.2, 0.25) is 22.5 Å². The molecule has 1 fully saturated rings. The molecule has 6 heteroatoms. The van der Waals surface area contributed by atoms with Crippen molar-refractivity contribution < 1.29 is 8.85 Å². The maximum absolute atomic E-state index is 6.11. The van der Waals surface area contributed by atoms with Crippen molar-refractivity contribution in [3.63, 3.8) is 0 Å². The second kappa shape index (κ2) is 4.90. The lowest BCUT2D eigenvalue weighted by atomic mass is 10.2. The van der Waals surface area contributed by atoms with E-state index in [-0.39, 0.29) is 0 Å². The molecule has 4 nitrogen and oxygen atoms in total. The van der Waals surface area contributed by atoms with Crippen molar-refractivity contribution in [1.29, 1.82) is 0 Å². The lowest BCUT2D eigenvalue weighted by molar-refractivity contribution is 0.470. The van der Waals surface area contributed by atoms with Crippen molar-refractivity contribution in [2.24, 2.45) is 0 Å². The topological polar surface area (TPSA) is 44.2 Å². The van der Waals surface area contributed by atoms with E-state index >= 15 is 0 Å². The van der Waals surface area contributed by atoms with Gasteiger partial charge >= 0.3 is 6.01 Å². The molecular weight excluding hydrogens is 272 g/mol. The van der Waals surface area contributed by atoms with Crippen LogP contribution in [0.25, 0.3) is 0 Å². The van der Waals surface area contributed by atoms with Gasteiger partial charge in [0.25, 0.3) is 0 Å². The molecule has 0 aromatic carbocycles. The van der Waals surface area contributed by atoms with Gasteiger partial charge in [-0.3, -0.25) is 0 Å². The second-order valence-electron chi connectivity index (χ2n) is 7.12. The summed E-state index contributed by atoms with van der Waals surface area (Å²) in [6.07, 6.45) is 4.34. The van der Waals surface area contributed by atoms with Gasteiger partial charge in [0.1, 0.15) is 0 Å². The van der Waals surface area contributed by atoms with Gasteiger partial charge in [-0.05, 0) is 58.0 Å². The minimum atomic E-state index is -1.68. The molecule has 0 saturated heterocycles. The van der Waals surface area contributed by atoms with Gasteiger partial charge < -0.3 is 8.85 Å². The highest BCUT2D eigenvalue weighted by atomic mass is 28.4. The average Bonchev–Trinajstić information content (AvgIpc) is 2.95. The molecule has 0 aliphatic heterocycles. The summed E-state index contributed by atoms with van der Waals surface area (Å²) in [5.41, 5.74) is 1.16. The fraction of sp³-hybridized carbons (Fsp3) is 0.692. The minimum Gasteiger partial charge on any atom is -0.531 e. The highest BCUT2D eigenvalue weighted by Crippen LogP contribution is 2.44. The quantitative estimate of drug-likeness (QED) is 0.776. The fourth-order valence-corrected chi connectivity index (χ4v) is 3.12. The normalized spacial score (nSPS) is 16.3. The molecule has 0 atom stereocenters.